The van der Waals surface area contributed by atoms with Gasteiger partial charge in [0.15, 0.2) is 0 Å². The van der Waals surface area contributed by atoms with Crippen molar-refractivity contribution in [2.45, 2.75) is 25.2 Å². The molecule has 1 heterocycles. The molecule has 6 nitrogen and oxygen atoms in total. The number of nitrogens with zero attached hydrogens (tertiary/aromatic N) is 2. The third-order valence-corrected chi connectivity index (χ3v) is 7.10. The van der Waals surface area contributed by atoms with Gasteiger partial charge in [-0.05, 0) is 41.5 Å². The van der Waals surface area contributed by atoms with Crippen molar-refractivity contribution in [3.8, 4) is 0 Å². The molecule has 0 aromatic heterocycles. The van der Waals surface area contributed by atoms with E-state index in [0.29, 0.717) is 38.0 Å². The van der Waals surface area contributed by atoms with Crippen LogP contribution in [0.2, 0.25) is 0 Å². The van der Waals surface area contributed by atoms with E-state index in [0.717, 1.165) is 6.42 Å². The number of carbonyl (C=O) groups is 3. The molecule has 0 spiro atoms. The number of amides is 3. The van der Waals surface area contributed by atoms with E-state index in [-0.39, 0.29) is 18.4 Å². The minimum Gasteiger partial charge on any atom is -0.354 e. The first-order chi connectivity index (χ1) is 15.1. The Kier molecular flexibility index (Phi) is 5.00. The van der Waals surface area contributed by atoms with Gasteiger partial charge in [0.05, 0.1) is 0 Å². The van der Waals surface area contributed by atoms with E-state index < -0.39 is 11.8 Å². The number of piperazine rings is 1. The summed E-state index contributed by atoms with van der Waals surface area (Å²) in [7, 11) is 0. The summed E-state index contributed by atoms with van der Waals surface area (Å²) in [5, 5.41) is 3.05. The topological polar surface area (TPSA) is 69.7 Å². The van der Waals surface area contributed by atoms with Gasteiger partial charge in [-0.1, -0.05) is 48.5 Å². The van der Waals surface area contributed by atoms with Crippen molar-refractivity contribution >= 4 is 17.7 Å². The fourth-order valence-electron chi connectivity index (χ4n) is 5.60. The summed E-state index contributed by atoms with van der Waals surface area (Å²) in [5.74, 6) is -0.348. The molecule has 0 radical (unpaired) electrons. The maximum Gasteiger partial charge on any atom is 0.312 e. The third-order valence-electron chi connectivity index (χ3n) is 7.10. The molecule has 6 heteroatoms. The standard InChI is InChI=1S/C25H27N3O3/c1-2-27-11-12-28(25(31)24(27)30)15-22(29)26-14-16-13-21-17-7-3-5-9-19(17)23(16)20-10-6-4-8-18(20)21/h3-10,16,21,23H,2,11-15H2,1H3,(H,26,29). The monoisotopic (exact) mass is 417 g/mol. The summed E-state index contributed by atoms with van der Waals surface area (Å²) in [4.78, 5) is 39.9. The van der Waals surface area contributed by atoms with Crippen LogP contribution in [0.1, 0.15) is 47.4 Å². The van der Waals surface area contributed by atoms with Crippen LogP contribution in [0.15, 0.2) is 48.5 Å². The van der Waals surface area contributed by atoms with Crippen LogP contribution in [0.5, 0.6) is 0 Å². The number of benzene rings is 2. The van der Waals surface area contributed by atoms with Crippen LogP contribution in [-0.2, 0) is 14.4 Å². The molecule has 31 heavy (non-hydrogen) atoms. The van der Waals surface area contributed by atoms with Gasteiger partial charge in [-0.2, -0.15) is 0 Å². The molecule has 6 rings (SSSR count). The van der Waals surface area contributed by atoms with Crippen molar-refractivity contribution < 1.29 is 14.4 Å². The van der Waals surface area contributed by atoms with E-state index in [4.69, 9.17) is 0 Å². The predicted molar refractivity (Wildman–Crippen MR) is 117 cm³/mol. The van der Waals surface area contributed by atoms with Gasteiger partial charge < -0.3 is 15.1 Å². The Bertz CT molecular complexity index is 1000. The normalized spacial score (nSPS) is 24.1. The molecular weight excluding hydrogens is 390 g/mol. The highest BCUT2D eigenvalue weighted by Crippen LogP contribution is 2.55. The second kappa shape index (κ2) is 7.84. The zero-order valence-electron chi connectivity index (χ0n) is 17.7. The minimum atomic E-state index is -0.581. The molecule has 4 aliphatic rings. The lowest BCUT2D eigenvalue weighted by molar-refractivity contribution is -0.156. The van der Waals surface area contributed by atoms with E-state index in [1.165, 1.54) is 32.1 Å². The molecule has 3 aliphatic carbocycles. The molecule has 2 aromatic rings. The predicted octanol–water partition coefficient (Wildman–Crippen LogP) is 2.09. The Morgan fingerprint density at radius 2 is 1.45 bits per heavy atom. The molecular formula is C25H27N3O3. The molecule has 1 atom stereocenters. The zero-order valence-corrected chi connectivity index (χ0v) is 17.7. The van der Waals surface area contributed by atoms with Crippen molar-refractivity contribution in [3.05, 3.63) is 70.8 Å². The number of hydrogen-bond acceptors (Lipinski definition) is 3. The SMILES string of the molecule is CCN1CCN(CC(=O)NCC2CC3c4ccccc4C2c2ccccc23)C(=O)C1=O. The van der Waals surface area contributed by atoms with Gasteiger partial charge in [-0.3, -0.25) is 14.4 Å². The molecule has 3 amide bonds. The molecule has 160 valence electrons. The summed E-state index contributed by atoms with van der Waals surface area (Å²) < 4.78 is 0. The van der Waals surface area contributed by atoms with Crippen molar-refractivity contribution in [3.63, 3.8) is 0 Å². The number of hydrogen-bond donors (Lipinski definition) is 1. The first kappa shape index (κ1) is 19.8. The molecule has 1 saturated heterocycles. The molecule has 1 N–H and O–H groups in total. The van der Waals surface area contributed by atoms with Crippen LogP contribution in [0.4, 0.5) is 0 Å². The van der Waals surface area contributed by atoms with Crippen LogP contribution >= 0.6 is 0 Å². The van der Waals surface area contributed by atoms with Crippen molar-refractivity contribution in [1.82, 2.24) is 15.1 Å². The minimum absolute atomic E-state index is 0.0594. The van der Waals surface area contributed by atoms with Gasteiger partial charge in [0.25, 0.3) is 0 Å². The second-order valence-corrected chi connectivity index (χ2v) is 8.70. The quantitative estimate of drug-likeness (QED) is 0.758. The van der Waals surface area contributed by atoms with Gasteiger partial charge in [0.1, 0.15) is 6.54 Å². The van der Waals surface area contributed by atoms with Gasteiger partial charge in [-0.15, -0.1) is 0 Å². The average Bonchev–Trinajstić information content (AvgIpc) is 2.81. The summed E-state index contributed by atoms with van der Waals surface area (Å²) in [5.41, 5.74) is 5.56. The highest BCUT2D eigenvalue weighted by Gasteiger charge is 2.43. The Balaban J connectivity index is 1.27. The number of fused-ring (bicyclic) bond motifs is 1. The lowest BCUT2D eigenvalue weighted by Crippen LogP contribution is -2.56. The van der Waals surface area contributed by atoms with Gasteiger partial charge in [0.2, 0.25) is 5.91 Å². The van der Waals surface area contributed by atoms with E-state index in [1.54, 1.807) is 0 Å². The van der Waals surface area contributed by atoms with Crippen LogP contribution in [0.25, 0.3) is 0 Å². The number of nitrogens with one attached hydrogen (secondary N) is 1. The lowest BCUT2D eigenvalue weighted by atomic mass is 9.59. The summed E-state index contributed by atoms with van der Waals surface area (Å²) in [6.07, 6.45) is 1.01. The first-order valence-corrected chi connectivity index (χ1v) is 11.1. The van der Waals surface area contributed by atoms with Crippen molar-refractivity contribution in [2.24, 2.45) is 5.92 Å². The summed E-state index contributed by atoms with van der Waals surface area (Å²) >= 11 is 0. The molecule has 2 bridgehead atoms. The maximum absolute atomic E-state index is 12.6. The fourth-order valence-corrected chi connectivity index (χ4v) is 5.60. The summed E-state index contributed by atoms with van der Waals surface area (Å²) in [6.45, 7) is 3.75. The first-order valence-electron chi connectivity index (χ1n) is 11.1. The molecule has 1 fully saturated rings. The zero-order chi connectivity index (χ0) is 21.5. The largest absolute Gasteiger partial charge is 0.354 e. The maximum atomic E-state index is 12.6. The second-order valence-electron chi connectivity index (χ2n) is 8.70. The Morgan fingerprint density at radius 1 is 0.903 bits per heavy atom. The molecule has 1 unspecified atom stereocenters. The third kappa shape index (κ3) is 3.30. The average molecular weight is 418 g/mol. The molecule has 0 saturated carbocycles. The van der Waals surface area contributed by atoms with Crippen LogP contribution in [0, 0.1) is 5.92 Å². The van der Waals surface area contributed by atoms with E-state index in [1.807, 2.05) is 6.92 Å². The Morgan fingerprint density at radius 3 is 2.06 bits per heavy atom. The van der Waals surface area contributed by atoms with Crippen molar-refractivity contribution in [1.29, 1.82) is 0 Å². The highest BCUT2D eigenvalue weighted by molar-refractivity contribution is 6.35. The van der Waals surface area contributed by atoms with Gasteiger partial charge >= 0.3 is 11.8 Å². The number of rotatable bonds is 5. The van der Waals surface area contributed by atoms with E-state index in [9.17, 15) is 14.4 Å². The van der Waals surface area contributed by atoms with Crippen molar-refractivity contribution in [2.75, 3.05) is 32.7 Å². The van der Waals surface area contributed by atoms with E-state index in [2.05, 4.69) is 53.8 Å². The van der Waals surface area contributed by atoms with Gasteiger partial charge in [0, 0.05) is 38.0 Å². The smallest absolute Gasteiger partial charge is 0.312 e. The number of carbonyl (C=O) groups excluding carboxylic acids is 3. The lowest BCUT2D eigenvalue weighted by Gasteiger charge is -2.45. The fraction of sp³-hybridized carbons (Fsp3) is 0.400. The van der Waals surface area contributed by atoms with Gasteiger partial charge in [-0.25, -0.2) is 0 Å². The molecule has 2 aromatic carbocycles. The van der Waals surface area contributed by atoms with Crippen LogP contribution in [-0.4, -0.2) is 60.2 Å². The van der Waals surface area contributed by atoms with E-state index >= 15 is 0 Å². The number of likely N-dealkylation sites (N-methyl/N-ethyl adjacent to an activating group) is 1. The Hall–Kier alpha value is -3.15. The van der Waals surface area contributed by atoms with Crippen LogP contribution in [0.3, 0.4) is 0 Å². The summed E-state index contributed by atoms with van der Waals surface area (Å²) in [6, 6.07) is 17.3. The van der Waals surface area contributed by atoms with Crippen LogP contribution < -0.4 is 5.32 Å². The molecule has 1 aliphatic heterocycles. The Labute approximate surface area is 182 Å². The highest BCUT2D eigenvalue weighted by atomic mass is 16.2.